The molecule has 0 fully saturated rings. The van der Waals surface area contributed by atoms with E-state index < -0.39 is 26.8 Å². The smallest absolute Gasteiger partial charge is 0.243 e. The van der Waals surface area contributed by atoms with Gasteiger partial charge in [0.25, 0.3) is 0 Å². The van der Waals surface area contributed by atoms with Gasteiger partial charge in [0.15, 0.2) is 11.5 Å². The number of benzene rings is 1. The second kappa shape index (κ2) is 6.18. The molecule has 6 nitrogen and oxygen atoms in total. The number of nitrogens with one attached hydrogen (secondary N) is 1. The van der Waals surface area contributed by atoms with E-state index in [-0.39, 0.29) is 18.0 Å². The zero-order chi connectivity index (χ0) is 14.6. The highest BCUT2D eigenvalue weighted by atomic mass is 32.2. The van der Waals surface area contributed by atoms with Crippen molar-refractivity contribution in [1.82, 2.24) is 4.72 Å². The molecule has 0 unspecified atom stereocenters. The van der Waals surface area contributed by atoms with Crippen LogP contribution >= 0.6 is 0 Å². The van der Waals surface area contributed by atoms with Crippen LogP contribution in [0.5, 0.6) is 11.5 Å². The van der Waals surface area contributed by atoms with Gasteiger partial charge in [-0.05, 0) is 6.92 Å². The van der Waals surface area contributed by atoms with Gasteiger partial charge in [0.2, 0.25) is 10.0 Å². The van der Waals surface area contributed by atoms with E-state index in [0.717, 1.165) is 12.1 Å². The number of hydrogen-bond acceptors (Lipinski definition) is 5. The molecule has 0 aliphatic carbocycles. The lowest BCUT2D eigenvalue weighted by Gasteiger charge is -2.12. The van der Waals surface area contributed by atoms with Crippen LogP contribution in [0.2, 0.25) is 0 Å². The Balaban J connectivity index is 3.19. The summed E-state index contributed by atoms with van der Waals surface area (Å²) in [5, 5.41) is 9.05. The summed E-state index contributed by atoms with van der Waals surface area (Å²) in [7, 11) is -1.43. The standard InChI is InChI=1S/C11H16FNO5S/c1-7(14)6-13-19(15,16)11-5-10(18-3)9(17-2)4-8(11)12/h4-5,7,13-14H,6H2,1-3H3/t7-/m1/s1. The lowest BCUT2D eigenvalue weighted by Crippen LogP contribution is -2.31. The molecule has 0 aliphatic rings. The molecule has 0 amide bonds. The molecular formula is C11H16FNO5S. The molecule has 2 N–H and O–H groups in total. The van der Waals surface area contributed by atoms with E-state index in [1.54, 1.807) is 0 Å². The van der Waals surface area contributed by atoms with Crippen LogP contribution < -0.4 is 14.2 Å². The summed E-state index contributed by atoms with van der Waals surface area (Å²) >= 11 is 0. The molecular weight excluding hydrogens is 277 g/mol. The first-order chi connectivity index (χ1) is 8.81. The number of halogens is 1. The zero-order valence-corrected chi connectivity index (χ0v) is 11.6. The Morgan fingerprint density at radius 2 is 1.84 bits per heavy atom. The van der Waals surface area contributed by atoms with E-state index in [2.05, 4.69) is 4.72 Å². The second-order valence-electron chi connectivity index (χ2n) is 3.84. The highest BCUT2D eigenvalue weighted by Crippen LogP contribution is 2.31. The van der Waals surface area contributed by atoms with Crippen molar-refractivity contribution in [3.05, 3.63) is 17.9 Å². The van der Waals surface area contributed by atoms with Gasteiger partial charge in [0, 0.05) is 18.7 Å². The summed E-state index contributed by atoms with van der Waals surface area (Å²) in [6.07, 6.45) is -0.877. The van der Waals surface area contributed by atoms with Gasteiger partial charge in [-0.25, -0.2) is 17.5 Å². The molecule has 1 aromatic carbocycles. The number of rotatable bonds is 6. The third kappa shape index (κ3) is 3.79. The highest BCUT2D eigenvalue weighted by molar-refractivity contribution is 7.89. The molecule has 8 heteroatoms. The van der Waals surface area contributed by atoms with Crippen LogP contribution in [-0.2, 0) is 10.0 Å². The highest BCUT2D eigenvalue weighted by Gasteiger charge is 2.22. The fourth-order valence-electron chi connectivity index (χ4n) is 1.35. The van der Waals surface area contributed by atoms with Crippen molar-refractivity contribution >= 4 is 10.0 Å². The number of aliphatic hydroxyl groups is 1. The van der Waals surface area contributed by atoms with Crippen LogP contribution in [0.4, 0.5) is 4.39 Å². The quantitative estimate of drug-likeness (QED) is 0.798. The Labute approximate surface area is 111 Å². The number of aliphatic hydroxyl groups excluding tert-OH is 1. The molecule has 0 saturated heterocycles. The van der Waals surface area contributed by atoms with Crippen molar-refractivity contribution in [2.24, 2.45) is 0 Å². The topological polar surface area (TPSA) is 84.9 Å². The van der Waals surface area contributed by atoms with E-state index in [0.29, 0.717) is 0 Å². The van der Waals surface area contributed by atoms with Crippen molar-refractivity contribution in [2.75, 3.05) is 20.8 Å². The monoisotopic (exact) mass is 293 g/mol. The van der Waals surface area contributed by atoms with E-state index >= 15 is 0 Å². The number of sulfonamides is 1. The van der Waals surface area contributed by atoms with Gasteiger partial charge in [-0.1, -0.05) is 0 Å². The minimum absolute atomic E-state index is 0.0921. The zero-order valence-electron chi connectivity index (χ0n) is 10.8. The maximum atomic E-state index is 13.8. The maximum absolute atomic E-state index is 13.8. The average molecular weight is 293 g/mol. The minimum atomic E-state index is -4.06. The van der Waals surface area contributed by atoms with Gasteiger partial charge >= 0.3 is 0 Å². The van der Waals surface area contributed by atoms with Crippen LogP contribution in [0.1, 0.15) is 6.92 Å². The number of hydrogen-bond donors (Lipinski definition) is 2. The Bertz CT molecular complexity index is 544. The molecule has 0 radical (unpaired) electrons. The Morgan fingerprint density at radius 3 is 2.32 bits per heavy atom. The SMILES string of the molecule is COc1cc(F)c(S(=O)(=O)NC[C@@H](C)O)cc1OC. The fourth-order valence-corrected chi connectivity index (χ4v) is 2.54. The molecule has 0 aromatic heterocycles. The van der Waals surface area contributed by atoms with E-state index in [1.807, 2.05) is 0 Å². The molecule has 0 aliphatic heterocycles. The summed E-state index contributed by atoms with van der Waals surface area (Å²) in [6.45, 7) is 1.20. The van der Waals surface area contributed by atoms with Crippen LogP contribution in [0, 0.1) is 5.82 Å². The normalized spacial score (nSPS) is 13.1. The maximum Gasteiger partial charge on any atom is 0.243 e. The van der Waals surface area contributed by atoms with Gasteiger partial charge in [0.05, 0.1) is 20.3 Å². The van der Waals surface area contributed by atoms with Crippen LogP contribution in [-0.4, -0.2) is 40.4 Å². The third-order valence-electron chi connectivity index (χ3n) is 2.30. The van der Waals surface area contributed by atoms with Gasteiger partial charge in [-0.2, -0.15) is 0 Å². The lowest BCUT2D eigenvalue weighted by atomic mass is 10.3. The second-order valence-corrected chi connectivity index (χ2v) is 5.57. The van der Waals surface area contributed by atoms with Gasteiger partial charge in [0.1, 0.15) is 10.7 Å². The Morgan fingerprint density at radius 1 is 1.32 bits per heavy atom. The molecule has 0 spiro atoms. The molecule has 19 heavy (non-hydrogen) atoms. The van der Waals surface area contributed by atoms with E-state index in [9.17, 15) is 12.8 Å². The van der Waals surface area contributed by atoms with Gasteiger partial charge < -0.3 is 14.6 Å². The first kappa shape index (κ1) is 15.7. The van der Waals surface area contributed by atoms with Gasteiger partial charge in [-0.15, -0.1) is 0 Å². The third-order valence-corrected chi connectivity index (χ3v) is 3.73. The summed E-state index contributed by atoms with van der Waals surface area (Å²) in [5.74, 6) is -0.772. The Hall–Kier alpha value is -1.38. The molecule has 1 aromatic rings. The Kier molecular flexibility index (Phi) is 5.10. The molecule has 0 saturated carbocycles. The molecule has 0 heterocycles. The summed E-state index contributed by atoms with van der Waals surface area (Å²) < 4.78 is 49.4. The number of methoxy groups -OCH3 is 2. The summed E-state index contributed by atoms with van der Waals surface area (Å²) in [4.78, 5) is -0.564. The molecule has 1 rings (SSSR count). The van der Waals surface area contributed by atoms with Crippen molar-refractivity contribution in [2.45, 2.75) is 17.9 Å². The van der Waals surface area contributed by atoms with Crippen molar-refractivity contribution in [3.8, 4) is 11.5 Å². The minimum Gasteiger partial charge on any atom is -0.493 e. The van der Waals surface area contributed by atoms with Gasteiger partial charge in [-0.3, -0.25) is 0 Å². The number of ether oxygens (including phenoxy) is 2. The average Bonchev–Trinajstić information content (AvgIpc) is 2.35. The van der Waals surface area contributed by atoms with Crippen molar-refractivity contribution < 1.29 is 27.4 Å². The van der Waals surface area contributed by atoms with Crippen LogP contribution in [0.15, 0.2) is 17.0 Å². The molecule has 0 bridgehead atoms. The summed E-state index contributed by atoms with van der Waals surface area (Å²) in [5.41, 5.74) is 0. The van der Waals surface area contributed by atoms with Crippen molar-refractivity contribution in [1.29, 1.82) is 0 Å². The largest absolute Gasteiger partial charge is 0.493 e. The predicted molar refractivity (Wildman–Crippen MR) is 66.4 cm³/mol. The van der Waals surface area contributed by atoms with Crippen LogP contribution in [0.3, 0.4) is 0 Å². The first-order valence-corrected chi connectivity index (χ1v) is 6.89. The predicted octanol–water partition coefficient (Wildman–Crippen LogP) is 0.502. The van der Waals surface area contributed by atoms with Crippen LogP contribution in [0.25, 0.3) is 0 Å². The lowest BCUT2D eigenvalue weighted by molar-refractivity contribution is 0.198. The molecule has 1 atom stereocenters. The van der Waals surface area contributed by atoms with E-state index in [1.165, 1.54) is 21.1 Å². The molecule has 108 valence electrons. The van der Waals surface area contributed by atoms with E-state index in [4.69, 9.17) is 14.6 Å². The van der Waals surface area contributed by atoms with Crippen molar-refractivity contribution in [3.63, 3.8) is 0 Å². The first-order valence-electron chi connectivity index (χ1n) is 5.41. The summed E-state index contributed by atoms with van der Waals surface area (Å²) in [6, 6.07) is 1.95. The fraction of sp³-hybridized carbons (Fsp3) is 0.455.